The molecule has 0 bridgehead atoms. The van der Waals surface area contributed by atoms with Gasteiger partial charge in [-0.1, -0.05) is 25.1 Å². The maximum atomic E-state index is 12.5. The van der Waals surface area contributed by atoms with Gasteiger partial charge in [0.05, 0.1) is 17.7 Å². The fraction of sp³-hybridized carbons (Fsp3) is 0.238. The molecule has 1 N–H and O–H groups in total. The van der Waals surface area contributed by atoms with Gasteiger partial charge in [-0.05, 0) is 43.2 Å². The Balaban J connectivity index is 1.82. The molecule has 0 atom stereocenters. The minimum atomic E-state index is -0.138. The number of rotatable bonds is 6. The maximum Gasteiger partial charge on any atom is 0.244 e. The van der Waals surface area contributed by atoms with Crippen molar-refractivity contribution in [2.75, 3.05) is 11.9 Å². The summed E-state index contributed by atoms with van der Waals surface area (Å²) in [6, 6.07) is 15.4. The average Bonchev–Trinajstić information content (AvgIpc) is 3.01. The van der Waals surface area contributed by atoms with Gasteiger partial charge in [-0.2, -0.15) is 5.26 Å². The zero-order chi connectivity index (χ0) is 18.5. The van der Waals surface area contributed by atoms with Gasteiger partial charge < -0.3 is 14.6 Å². The highest BCUT2D eigenvalue weighted by atomic mass is 16.5. The number of aryl methyl sites for hydroxylation is 1. The van der Waals surface area contributed by atoms with Gasteiger partial charge in [0.1, 0.15) is 18.4 Å². The van der Waals surface area contributed by atoms with E-state index in [1.165, 1.54) is 0 Å². The van der Waals surface area contributed by atoms with E-state index in [9.17, 15) is 10.1 Å². The largest absolute Gasteiger partial charge is 0.494 e. The van der Waals surface area contributed by atoms with Crippen LogP contribution in [0.4, 0.5) is 5.69 Å². The Morgan fingerprint density at radius 1 is 1.19 bits per heavy atom. The molecule has 0 saturated carbocycles. The molecule has 5 nitrogen and oxygen atoms in total. The number of carbonyl (C=O) groups excluding carboxylic acids is 1. The number of hydrogen-bond acceptors (Lipinski definition) is 3. The van der Waals surface area contributed by atoms with E-state index in [0.29, 0.717) is 17.9 Å². The first kappa shape index (κ1) is 17.6. The smallest absolute Gasteiger partial charge is 0.244 e. The van der Waals surface area contributed by atoms with Gasteiger partial charge >= 0.3 is 0 Å². The van der Waals surface area contributed by atoms with E-state index < -0.39 is 0 Å². The molecule has 0 unspecified atom stereocenters. The predicted octanol–water partition coefficient (Wildman–Crippen LogP) is 4.11. The summed E-state index contributed by atoms with van der Waals surface area (Å²) in [6.07, 6.45) is 2.59. The van der Waals surface area contributed by atoms with E-state index in [1.807, 2.05) is 54.0 Å². The van der Waals surface area contributed by atoms with Crippen molar-refractivity contribution >= 4 is 22.5 Å². The molecule has 1 heterocycles. The van der Waals surface area contributed by atoms with E-state index in [4.69, 9.17) is 4.74 Å². The van der Waals surface area contributed by atoms with Gasteiger partial charge in [-0.25, -0.2) is 0 Å². The maximum absolute atomic E-state index is 12.5. The Hall–Kier alpha value is -3.26. The molecule has 132 valence electrons. The van der Waals surface area contributed by atoms with Gasteiger partial charge in [-0.15, -0.1) is 0 Å². The first-order valence-electron chi connectivity index (χ1n) is 8.69. The van der Waals surface area contributed by atoms with Gasteiger partial charge in [-0.3, -0.25) is 4.79 Å². The second-order valence-electron chi connectivity index (χ2n) is 5.95. The third kappa shape index (κ3) is 3.55. The van der Waals surface area contributed by atoms with Crippen molar-refractivity contribution in [3.8, 4) is 11.8 Å². The first-order valence-corrected chi connectivity index (χ1v) is 8.69. The number of para-hydroxylation sites is 1. The van der Waals surface area contributed by atoms with Crippen LogP contribution in [0.2, 0.25) is 0 Å². The van der Waals surface area contributed by atoms with Gasteiger partial charge in [0.2, 0.25) is 5.91 Å². The lowest BCUT2D eigenvalue weighted by atomic mass is 10.1. The van der Waals surface area contributed by atoms with Gasteiger partial charge in [0, 0.05) is 17.3 Å². The highest BCUT2D eigenvalue weighted by molar-refractivity contribution is 5.94. The minimum Gasteiger partial charge on any atom is -0.494 e. The van der Waals surface area contributed by atoms with E-state index in [0.717, 1.165) is 28.6 Å². The number of benzene rings is 2. The SMILES string of the molecule is CCOc1ccc(NC(=O)Cn2cc(C#N)c3cccc(CC)c32)cc1. The molecule has 26 heavy (non-hydrogen) atoms. The molecule has 0 aliphatic carbocycles. The van der Waals surface area contributed by atoms with Crippen LogP contribution in [0, 0.1) is 11.3 Å². The predicted molar refractivity (Wildman–Crippen MR) is 102 cm³/mol. The highest BCUT2D eigenvalue weighted by Gasteiger charge is 2.13. The minimum absolute atomic E-state index is 0.138. The lowest BCUT2D eigenvalue weighted by Gasteiger charge is -2.10. The van der Waals surface area contributed by atoms with Crippen LogP contribution in [-0.2, 0) is 17.8 Å². The number of nitrogens with zero attached hydrogens (tertiary/aromatic N) is 2. The summed E-state index contributed by atoms with van der Waals surface area (Å²) >= 11 is 0. The molecule has 5 heteroatoms. The number of ether oxygens (including phenoxy) is 1. The number of hydrogen-bond donors (Lipinski definition) is 1. The van der Waals surface area contributed by atoms with Gasteiger partial charge in [0.25, 0.3) is 0 Å². The Kier molecular flexibility index (Phi) is 5.23. The molecule has 0 aliphatic heterocycles. The molecule has 0 saturated heterocycles. The second kappa shape index (κ2) is 7.75. The number of amides is 1. The molecule has 2 aromatic carbocycles. The zero-order valence-corrected chi connectivity index (χ0v) is 15.0. The highest BCUT2D eigenvalue weighted by Crippen LogP contribution is 2.25. The normalized spacial score (nSPS) is 10.5. The van der Waals surface area contributed by atoms with E-state index in [1.54, 1.807) is 6.20 Å². The first-order chi connectivity index (χ1) is 12.7. The third-order valence-corrected chi connectivity index (χ3v) is 4.25. The van der Waals surface area contributed by atoms with Crippen LogP contribution in [0.15, 0.2) is 48.7 Å². The number of nitriles is 1. The topological polar surface area (TPSA) is 67.0 Å². The molecule has 3 aromatic rings. The van der Waals surface area contributed by atoms with E-state index >= 15 is 0 Å². The summed E-state index contributed by atoms with van der Waals surface area (Å²) in [4.78, 5) is 12.5. The molecule has 1 amide bonds. The summed E-state index contributed by atoms with van der Waals surface area (Å²) in [6.45, 7) is 4.76. The zero-order valence-electron chi connectivity index (χ0n) is 15.0. The number of nitrogens with one attached hydrogen (secondary N) is 1. The van der Waals surface area contributed by atoms with Crippen molar-refractivity contribution in [3.05, 3.63) is 59.8 Å². The van der Waals surface area contributed by atoms with Crippen LogP contribution >= 0.6 is 0 Å². The number of anilines is 1. The van der Waals surface area contributed by atoms with E-state index in [2.05, 4.69) is 18.3 Å². The lowest BCUT2D eigenvalue weighted by molar-refractivity contribution is -0.116. The van der Waals surface area contributed by atoms with E-state index in [-0.39, 0.29) is 12.5 Å². The molecule has 0 aliphatic rings. The summed E-state index contributed by atoms with van der Waals surface area (Å²) in [5.74, 6) is 0.634. The van der Waals surface area contributed by atoms with Crippen LogP contribution in [0.25, 0.3) is 10.9 Å². The fourth-order valence-electron chi connectivity index (χ4n) is 3.09. The van der Waals surface area contributed by atoms with Crippen molar-refractivity contribution in [1.29, 1.82) is 5.26 Å². The number of carbonyl (C=O) groups is 1. The average molecular weight is 347 g/mol. The Bertz CT molecular complexity index is 965. The van der Waals surface area contributed by atoms with Gasteiger partial charge in [0.15, 0.2) is 0 Å². The van der Waals surface area contributed by atoms with Crippen LogP contribution in [0.1, 0.15) is 25.0 Å². The number of aromatic nitrogens is 1. The molecular weight excluding hydrogens is 326 g/mol. The standard InChI is InChI=1S/C21H21N3O2/c1-3-15-6-5-7-19-16(12-22)13-24(21(15)19)14-20(25)23-17-8-10-18(11-9-17)26-4-2/h5-11,13H,3-4,14H2,1-2H3,(H,23,25). The summed E-state index contributed by atoms with van der Waals surface area (Å²) in [5.41, 5.74) is 3.38. The van der Waals surface area contributed by atoms with Crippen molar-refractivity contribution < 1.29 is 9.53 Å². The summed E-state index contributed by atoms with van der Waals surface area (Å²) in [5, 5.41) is 13.2. The quantitative estimate of drug-likeness (QED) is 0.729. The molecular formula is C21H21N3O2. The molecule has 0 spiro atoms. The monoisotopic (exact) mass is 347 g/mol. The lowest BCUT2D eigenvalue weighted by Crippen LogP contribution is -2.18. The van der Waals surface area contributed by atoms with Crippen LogP contribution in [0.5, 0.6) is 5.75 Å². The second-order valence-corrected chi connectivity index (χ2v) is 5.95. The molecule has 0 radical (unpaired) electrons. The van der Waals surface area contributed by atoms with Crippen LogP contribution in [-0.4, -0.2) is 17.1 Å². The van der Waals surface area contributed by atoms with Crippen molar-refractivity contribution in [3.63, 3.8) is 0 Å². The third-order valence-electron chi connectivity index (χ3n) is 4.25. The Labute approximate surface area is 152 Å². The van der Waals surface area contributed by atoms with Crippen LogP contribution in [0.3, 0.4) is 0 Å². The van der Waals surface area contributed by atoms with Crippen molar-refractivity contribution in [2.24, 2.45) is 0 Å². The molecule has 1 aromatic heterocycles. The van der Waals surface area contributed by atoms with Crippen molar-refractivity contribution in [2.45, 2.75) is 26.8 Å². The summed E-state index contributed by atoms with van der Waals surface area (Å²) in [7, 11) is 0. The van der Waals surface area contributed by atoms with Crippen LogP contribution < -0.4 is 10.1 Å². The van der Waals surface area contributed by atoms with Crippen molar-refractivity contribution in [1.82, 2.24) is 4.57 Å². The molecule has 0 fully saturated rings. The Morgan fingerprint density at radius 2 is 1.96 bits per heavy atom. The summed E-state index contributed by atoms with van der Waals surface area (Å²) < 4.78 is 7.26. The number of fused-ring (bicyclic) bond motifs is 1. The Morgan fingerprint density at radius 3 is 2.62 bits per heavy atom. The fourth-order valence-corrected chi connectivity index (χ4v) is 3.09. The molecule has 3 rings (SSSR count).